The summed E-state index contributed by atoms with van der Waals surface area (Å²) >= 11 is 11.8. The predicted octanol–water partition coefficient (Wildman–Crippen LogP) is 4.97. The van der Waals surface area contributed by atoms with Crippen molar-refractivity contribution in [3.63, 3.8) is 0 Å². The molecule has 21 heavy (non-hydrogen) atoms. The van der Waals surface area contributed by atoms with Crippen LogP contribution in [0.15, 0.2) is 41.6 Å². The van der Waals surface area contributed by atoms with Crippen LogP contribution < -0.4 is 4.74 Å². The SMILES string of the molecule is COC(=O)c1cc(Oc2ccc(Cl)cc2Cl)ccc1N=O. The zero-order chi connectivity index (χ0) is 15.4. The number of esters is 1. The molecule has 0 aromatic heterocycles. The molecule has 108 valence electrons. The lowest BCUT2D eigenvalue weighted by Gasteiger charge is -2.09. The number of carbonyl (C=O) groups excluding carboxylic acids is 1. The van der Waals surface area contributed by atoms with Crippen molar-refractivity contribution in [2.24, 2.45) is 5.18 Å². The van der Waals surface area contributed by atoms with E-state index in [0.717, 1.165) is 0 Å². The van der Waals surface area contributed by atoms with E-state index in [4.69, 9.17) is 27.9 Å². The molecule has 0 saturated heterocycles. The molecule has 0 saturated carbocycles. The smallest absolute Gasteiger partial charge is 0.340 e. The molecule has 5 nitrogen and oxygen atoms in total. The maximum absolute atomic E-state index is 11.6. The van der Waals surface area contributed by atoms with Gasteiger partial charge in [-0.25, -0.2) is 4.79 Å². The number of halogens is 2. The van der Waals surface area contributed by atoms with Gasteiger partial charge in [0.2, 0.25) is 0 Å². The molecule has 0 unspecified atom stereocenters. The highest BCUT2D eigenvalue weighted by molar-refractivity contribution is 6.35. The molecule has 7 heteroatoms. The molecule has 0 N–H and O–H groups in total. The summed E-state index contributed by atoms with van der Waals surface area (Å²) in [4.78, 5) is 22.3. The fourth-order valence-corrected chi connectivity index (χ4v) is 2.06. The third-order valence-corrected chi connectivity index (χ3v) is 3.12. The molecule has 2 aromatic rings. The van der Waals surface area contributed by atoms with Crippen LogP contribution in [0.25, 0.3) is 0 Å². The number of benzene rings is 2. The number of methoxy groups -OCH3 is 1. The Morgan fingerprint density at radius 2 is 1.90 bits per heavy atom. The Bertz CT molecular complexity index is 703. The molecule has 0 aliphatic rings. The number of ether oxygens (including phenoxy) is 2. The number of nitrogens with zero attached hydrogens (tertiary/aromatic N) is 1. The van der Waals surface area contributed by atoms with Crippen molar-refractivity contribution < 1.29 is 14.3 Å². The van der Waals surface area contributed by atoms with Gasteiger partial charge in [0.15, 0.2) is 0 Å². The van der Waals surface area contributed by atoms with E-state index in [-0.39, 0.29) is 11.3 Å². The first kappa shape index (κ1) is 15.3. The molecule has 0 aliphatic carbocycles. The van der Waals surface area contributed by atoms with Crippen molar-refractivity contribution >= 4 is 34.9 Å². The molecule has 0 spiro atoms. The monoisotopic (exact) mass is 325 g/mol. The van der Waals surface area contributed by atoms with Crippen LogP contribution in [0.2, 0.25) is 10.0 Å². The largest absolute Gasteiger partial charge is 0.465 e. The van der Waals surface area contributed by atoms with Gasteiger partial charge in [-0.2, -0.15) is 0 Å². The fourth-order valence-electron chi connectivity index (χ4n) is 1.62. The van der Waals surface area contributed by atoms with E-state index in [1.54, 1.807) is 12.1 Å². The van der Waals surface area contributed by atoms with Gasteiger partial charge in [-0.05, 0) is 41.6 Å². The maximum atomic E-state index is 11.6. The first-order chi connectivity index (χ1) is 10.0. The molecular weight excluding hydrogens is 317 g/mol. The highest BCUT2D eigenvalue weighted by atomic mass is 35.5. The number of hydrogen-bond acceptors (Lipinski definition) is 5. The zero-order valence-electron chi connectivity index (χ0n) is 10.8. The Balaban J connectivity index is 2.36. The quantitative estimate of drug-likeness (QED) is 0.588. The third-order valence-electron chi connectivity index (χ3n) is 2.59. The Morgan fingerprint density at radius 1 is 1.14 bits per heavy atom. The standard InChI is InChI=1S/C14H9Cl2NO4/c1-20-14(18)10-7-9(3-4-12(10)17-19)21-13-5-2-8(15)6-11(13)16/h2-7H,1H3. The Hall–Kier alpha value is -2.11. The molecule has 0 bridgehead atoms. The van der Waals surface area contributed by atoms with Gasteiger partial charge in [-0.1, -0.05) is 23.2 Å². The zero-order valence-corrected chi connectivity index (χ0v) is 12.3. The van der Waals surface area contributed by atoms with Crippen LogP contribution >= 0.6 is 23.2 Å². The van der Waals surface area contributed by atoms with E-state index in [2.05, 4.69) is 9.91 Å². The minimum atomic E-state index is -0.683. The highest BCUT2D eigenvalue weighted by Crippen LogP contribution is 2.33. The summed E-state index contributed by atoms with van der Waals surface area (Å²) in [5.74, 6) is -0.00651. The van der Waals surface area contributed by atoms with Gasteiger partial charge in [0.1, 0.15) is 17.2 Å². The molecular formula is C14H9Cl2NO4. The summed E-state index contributed by atoms with van der Waals surface area (Å²) < 4.78 is 10.1. The number of hydrogen-bond donors (Lipinski definition) is 0. The van der Waals surface area contributed by atoms with E-state index in [1.807, 2.05) is 0 Å². The van der Waals surface area contributed by atoms with Crippen molar-refractivity contribution in [3.05, 3.63) is 56.9 Å². The van der Waals surface area contributed by atoms with E-state index in [0.29, 0.717) is 21.5 Å². The van der Waals surface area contributed by atoms with E-state index >= 15 is 0 Å². The van der Waals surface area contributed by atoms with Crippen LogP contribution in [0.4, 0.5) is 5.69 Å². The van der Waals surface area contributed by atoms with Crippen LogP contribution in [0.3, 0.4) is 0 Å². The molecule has 0 radical (unpaired) electrons. The molecule has 0 heterocycles. The second-order valence-electron chi connectivity index (χ2n) is 3.94. The van der Waals surface area contributed by atoms with Crippen LogP contribution in [0, 0.1) is 4.91 Å². The Labute approximate surface area is 130 Å². The first-order valence-electron chi connectivity index (χ1n) is 5.73. The predicted molar refractivity (Wildman–Crippen MR) is 79.8 cm³/mol. The number of nitroso groups, excluding NO2 is 1. The Morgan fingerprint density at radius 3 is 2.52 bits per heavy atom. The van der Waals surface area contributed by atoms with Gasteiger partial charge in [0.25, 0.3) is 0 Å². The summed E-state index contributed by atoms with van der Waals surface area (Å²) in [6.45, 7) is 0. The average Bonchev–Trinajstić information content (AvgIpc) is 2.49. The van der Waals surface area contributed by atoms with Gasteiger partial charge < -0.3 is 9.47 Å². The normalized spacial score (nSPS) is 10.0. The molecule has 2 rings (SSSR count). The van der Waals surface area contributed by atoms with Gasteiger partial charge >= 0.3 is 5.97 Å². The van der Waals surface area contributed by atoms with Crippen LogP contribution in [0.1, 0.15) is 10.4 Å². The molecule has 2 aromatic carbocycles. The summed E-state index contributed by atoms with van der Waals surface area (Å²) in [7, 11) is 1.21. The topological polar surface area (TPSA) is 65.0 Å². The lowest BCUT2D eigenvalue weighted by molar-refractivity contribution is 0.0601. The van der Waals surface area contributed by atoms with Crippen LogP contribution in [0.5, 0.6) is 11.5 Å². The fraction of sp³-hybridized carbons (Fsp3) is 0.0714. The summed E-state index contributed by atoms with van der Waals surface area (Å²) in [5, 5.41) is 3.56. The maximum Gasteiger partial charge on any atom is 0.340 e. The first-order valence-corrected chi connectivity index (χ1v) is 6.49. The van der Waals surface area contributed by atoms with Crippen molar-refractivity contribution in [1.82, 2.24) is 0 Å². The van der Waals surface area contributed by atoms with Crippen molar-refractivity contribution in [2.45, 2.75) is 0 Å². The van der Waals surface area contributed by atoms with Gasteiger partial charge in [-0.3, -0.25) is 0 Å². The van der Waals surface area contributed by atoms with Crippen molar-refractivity contribution in [1.29, 1.82) is 0 Å². The molecule has 0 fully saturated rings. The lowest BCUT2D eigenvalue weighted by atomic mass is 10.1. The number of rotatable bonds is 4. The van der Waals surface area contributed by atoms with E-state index in [9.17, 15) is 9.70 Å². The second kappa shape index (κ2) is 6.56. The van der Waals surface area contributed by atoms with Crippen molar-refractivity contribution in [3.8, 4) is 11.5 Å². The van der Waals surface area contributed by atoms with Crippen LogP contribution in [-0.4, -0.2) is 13.1 Å². The van der Waals surface area contributed by atoms with E-state index < -0.39 is 5.97 Å². The highest BCUT2D eigenvalue weighted by Gasteiger charge is 2.15. The second-order valence-corrected chi connectivity index (χ2v) is 4.78. The molecule has 0 atom stereocenters. The van der Waals surface area contributed by atoms with Gasteiger partial charge in [0.05, 0.1) is 17.7 Å². The van der Waals surface area contributed by atoms with Gasteiger partial charge in [-0.15, -0.1) is 4.91 Å². The minimum absolute atomic E-state index is 0.00934. The van der Waals surface area contributed by atoms with Crippen LogP contribution in [-0.2, 0) is 4.74 Å². The third kappa shape index (κ3) is 3.51. The summed E-state index contributed by atoms with van der Waals surface area (Å²) in [5.41, 5.74) is -0.0218. The molecule has 0 amide bonds. The molecule has 0 aliphatic heterocycles. The lowest BCUT2D eigenvalue weighted by Crippen LogP contribution is -2.01. The Kier molecular flexibility index (Phi) is 4.77. The van der Waals surface area contributed by atoms with Gasteiger partial charge in [0, 0.05) is 5.02 Å². The summed E-state index contributed by atoms with van der Waals surface area (Å²) in [6.07, 6.45) is 0. The minimum Gasteiger partial charge on any atom is -0.465 e. The number of carbonyl (C=O) groups is 1. The average molecular weight is 326 g/mol. The van der Waals surface area contributed by atoms with E-state index in [1.165, 1.54) is 31.4 Å². The summed E-state index contributed by atoms with van der Waals surface area (Å²) in [6, 6.07) is 8.95. The van der Waals surface area contributed by atoms with Crippen molar-refractivity contribution in [2.75, 3.05) is 7.11 Å².